The van der Waals surface area contributed by atoms with Crippen LogP contribution >= 0.6 is 0 Å². The third-order valence-corrected chi connectivity index (χ3v) is 14.0. The number of ether oxygens (including phenoxy) is 2. The van der Waals surface area contributed by atoms with Gasteiger partial charge in [0.15, 0.2) is 0 Å². The Labute approximate surface area is 232 Å². The molecule has 4 nitrogen and oxygen atoms in total. The summed E-state index contributed by atoms with van der Waals surface area (Å²) in [7, 11) is 0. The third kappa shape index (κ3) is 3.80. The largest absolute Gasteiger partial charge is 0.465 e. The average Bonchev–Trinajstić information content (AvgIpc) is 3.20. The first-order valence-electron chi connectivity index (χ1n) is 15.6. The smallest absolute Gasteiger partial charge is 0.302 e. The molecule has 5 aliphatic carbocycles. The molecule has 0 radical (unpaired) electrons. The Kier molecular flexibility index (Phi) is 6.76. The maximum atomic E-state index is 11.9. The highest BCUT2D eigenvalue weighted by atomic mass is 16.5. The summed E-state index contributed by atoms with van der Waals surface area (Å²) in [5, 5.41) is 0. The average molecular weight is 527 g/mol. The van der Waals surface area contributed by atoms with E-state index in [0.717, 1.165) is 12.8 Å². The topological polar surface area (TPSA) is 52.6 Å². The lowest BCUT2D eigenvalue weighted by Gasteiger charge is -2.73. The van der Waals surface area contributed by atoms with Gasteiger partial charge in [-0.2, -0.15) is 0 Å². The van der Waals surface area contributed by atoms with Crippen molar-refractivity contribution in [2.45, 2.75) is 126 Å². The second-order valence-electron chi connectivity index (χ2n) is 15.8. The molecule has 38 heavy (non-hydrogen) atoms. The molecule has 0 aromatic rings. The summed E-state index contributed by atoms with van der Waals surface area (Å²) in [6.45, 7) is 23.1. The number of allylic oxidation sites excluding steroid dienone is 1. The molecule has 0 aliphatic heterocycles. The Morgan fingerprint density at radius 1 is 0.763 bits per heavy atom. The lowest BCUT2D eigenvalue weighted by Crippen LogP contribution is -2.67. The van der Waals surface area contributed by atoms with E-state index in [-0.39, 0.29) is 39.7 Å². The molecule has 0 amide bonds. The summed E-state index contributed by atoms with van der Waals surface area (Å²) in [5.74, 6) is 2.76. The highest BCUT2D eigenvalue weighted by Gasteiger charge is 2.71. The van der Waals surface area contributed by atoms with Gasteiger partial charge in [-0.05, 0) is 117 Å². The molecule has 0 heterocycles. The second-order valence-corrected chi connectivity index (χ2v) is 15.8. The summed E-state index contributed by atoms with van der Waals surface area (Å²) in [6.07, 6.45) is 12.0. The van der Waals surface area contributed by atoms with E-state index in [9.17, 15) is 9.59 Å². The number of hydrogen-bond donors (Lipinski definition) is 0. The molecule has 0 aromatic heterocycles. The van der Waals surface area contributed by atoms with Crippen LogP contribution in [0.3, 0.4) is 0 Å². The van der Waals surface area contributed by atoms with Crippen LogP contribution in [0.25, 0.3) is 0 Å². The van der Waals surface area contributed by atoms with E-state index >= 15 is 0 Å². The molecule has 5 aliphatic rings. The van der Waals surface area contributed by atoms with Crippen LogP contribution in [0.1, 0.15) is 120 Å². The predicted molar refractivity (Wildman–Crippen MR) is 151 cm³/mol. The highest BCUT2D eigenvalue weighted by molar-refractivity contribution is 5.66. The molecule has 0 N–H and O–H groups in total. The maximum Gasteiger partial charge on any atom is 0.302 e. The first-order valence-corrected chi connectivity index (χ1v) is 15.6. The number of rotatable bonds is 4. The zero-order valence-electron chi connectivity index (χ0n) is 25.6. The number of fused-ring (bicyclic) bond motifs is 7. The highest BCUT2D eigenvalue weighted by Crippen LogP contribution is 2.77. The fraction of sp³-hybridized carbons (Fsp3) is 0.882. The Morgan fingerprint density at radius 3 is 2.11 bits per heavy atom. The van der Waals surface area contributed by atoms with Crippen LogP contribution < -0.4 is 0 Å². The van der Waals surface area contributed by atoms with E-state index < -0.39 is 0 Å². The van der Waals surface area contributed by atoms with Gasteiger partial charge in [-0.3, -0.25) is 9.59 Å². The van der Waals surface area contributed by atoms with Crippen LogP contribution in [-0.4, -0.2) is 24.6 Å². The van der Waals surface area contributed by atoms with Gasteiger partial charge in [-0.1, -0.05) is 46.8 Å². The first kappa shape index (κ1) is 28.2. The number of carbonyl (C=O) groups is 2. The molecule has 5 rings (SSSR count). The number of esters is 2. The van der Waals surface area contributed by atoms with Crippen molar-refractivity contribution in [3.63, 3.8) is 0 Å². The van der Waals surface area contributed by atoms with Gasteiger partial charge >= 0.3 is 11.9 Å². The minimum atomic E-state index is -0.140. The van der Waals surface area contributed by atoms with Crippen LogP contribution in [-0.2, 0) is 19.1 Å². The molecule has 0 aromatic carbocycles. The van der Waals surface area contributed by atoms with Gasteiger partial charge in [-0.25, -0.2) is 0 Å². The third-order valence-electron chi connectivity index (χ3n) is 14.0. The van der Waals surface area contributed by atoms with Gasteiger partial charge in [-0.15, -0.1) is 0 Å². The van der Waals surface area contributed by atoms with Crippen molar-refractivity contribution in [2.75, 3.05) is 6.61 Å². The zero-order chi connectivity index (χ0) is 27.9. The predicted octanol–water partition coefficient (Wildman–Crippen LogP) is 8.14. The van der Waals surface area contributed by atoms with Gasteiger partial charge in [0.05, 0.1) is 6.61 Å². The van der Waals surface area contributed by atoms with Crippen LogP contribution in [0.2, 0.25) is 0 Å². The molecular formula is C34H54O4. The minimum Gasteiger partial charge on any atom is -0.465 e. The summed E-state index contributed by atoms with van der Waals surface area (Å²) < 4.78 is 11.7. The SMILES string of the molecule is C=C(C)[C@H]1CC[C@]2(COC(C)=O)CC[C@]3(C)[C@H](CC[C@@H]4[C@@]5(C)CC[C@H](OC(C)=O)C(C)(C)[C@H]5CC[C@]43C)[C@@H]12. The lowest BCUT2D eigenvalue weighted by molar-refractivity contribution is -0.252. The molecule has 4 heteroatoms. The summed E-state index contributed by atoms with van der Waals surface area (Å²) in [6, 6.07) is 0. The van der Waals surface area contributed by atoms with E-state index in [0.29, 0.717) is 41.6 Å². The molecule has 0 bridgehead atoms. The number of hydrogen-bond acceptors (Lipinski definition) is 4. The second kappa shape index (κ2) is 9.10. The van der Waals surface area contributed by atoms with Crippen LogP contribution in [0, 0.1) is 56.7 Å². The quantitative estimate of drug-likeness (QED) is 0.274. The van der Waals surface area contributed by atoms with Gasteiger partial charge < -0.3 is 9.47 Å². The standard InChI is InChI=1S/C34H54O4/c1-21(2)24-12-17-34(20-37-22(3)35)19-18-32(8)25(29(24)34)10-11-27-31(7)15-14-28(38-23(4)36)30(5,6)26(31)13-16-33(27,32)9/h24-29H,1,10-20H2,2-9H3/t24-,25-,26-,27-,28+,29-,31+,32-,33-,34-/m1/s1. The molecule has 0 saturated heterocycles. The van der Waals surface area contributed by atoms with Crippen LogP contribution in [0.5, 0.6) is 0 Å². The fourth-order valence-corrected chi connectivity index (χ4v) is 12.2. The van der Waals surface area contributed by atoms with E-state index in [4.69, 9.17) is 9.47 Å². The zero-order valence-corrected chi connectivity index (χ0v) is 25.6. The molecule has 214 valence electrons. The van der Waals surface area contributed by atoms with E-state index in [1.807, 2.05) is 0 Å². The van der Waals surface area contributed by atoms with E-state index in [1.54, 1.807) is 13.8 Å². The number of carbonyl (C=O) groups excluding carboxylic acids is 2. The van der Waals surface area contributed by atoms with E-state index in [1.165, 1.54) is 56.9 Å². The maximum absolute atomic E-state index is 11.9. The van der Waals surface area contributed by atoms with Crippen molar-refractivity contribution in [1.29, 1.82) is 0 Å². The first-order chi connectivity index (χ1) is 17.6. The Balaban J connectivity index is 1.49. The Bertz CT molecular complexity index is 998. The molecule has 0 unspecified atom stereocenters. The minimum absolute atomic E-state index is 0.00000109. The summed E-state index contributed by atoms with van der Waals surface area (Å²) in [5.41, 5.74) is 2.30. The van der Waals surface area contributed by atoms with Gasteiger partial charge in [0.1, 0.15) is 6.10 Å². The molecule has 0 spiro atoms. The van der Waals surface area contributed by atoms with E-state index in [2.05, 4.69) is 48.1 Å². The monoisotopic (exact) mass is 526 g/mol. The fourth-order valence-electron chi connectivity index (χ4n) is 12.2. The van der Waals surface area contributed by atoms with Gasteiger partial charge in [0.25, 0.3) is 0 Å². The molecule has 5 saturated carbocycles. The van der Waals surface area contributed by atoms with Crippen molar-refractivity contribution in [2.24, 2.45) is 56.7 Å². The summed E-state index contributed by atoms with van der Waals surface area (Å²) in [4.78, 5) is 23.8. The van der Waals surface area contributed by atoms with Crippen molar-refractivity contribution in [3.05, 3.63) is 12.2 Å². The molecular weight excluding hydrogens is 472 g/mol. The normalized spacial score (nSPS) is 49.1. The van der Waals surface area contributed by atoms with Crippen LogP contribution in [0.15, 0.2) is 12.2 Å². The van der Waals surface area contributed by atoms with Gasteiger partial charge in [0.2, 0.25) is 0 Å². The summed E-state index contributed by atoms with van der Waals surface area (Å²) >= 11 is 0. The van der Waals surface area contributed by atoms with Crippen molar-refractivity contribution in [3.8, 4) is 0 Å². The molecule has 10 atom stereocenters. The van der Waals surface area contributed by atoms with Crippen LogP contribution in [0.4, 0.5) is 0 Å². The van der Waals surface area contributed by atoms with Crippen molar-refractivity contribution in [1.82, 2.24) is 0 Å². The van der Waals surface area contributed by atoms with Crippen molar-refractivity contribution < 1.29 is 19.1 Å². The molecule has 5 fully saturated rings. The Morgan fingerprint density at radius 2 is 1.47 bits per heavy atom. The lowest BCUT2D eigenvalue weighted by atomic mass is 9.32. The van der Waals surface area contributed by atoms with Gasteiger partial charge in [0, 0.05) is 24.7 Å². The Hall–Kier alpha value is -1.32. The van der Waals surface area contributed by atoms with Crippen molar-refractivity contribution >= 4 is 11.9 Å².